The summed E-state index contributed by atoms with van der Waals surface area (Å²) in [6, 6.07) is 14.3. The van der Waals surface area contributed by atoms with Crippen molar-refractivity contribution in [2.45, 2.75) is 19.8 Å². The van der Waals surface area contributed by atoms with E-state index in [1.807, 2.05) is 24.3 Å². The first-order chi connectivity index (χ1) is 16.4. The minimum absolute atomic E-state index is 0.215. The lowest BCUT2D eigenvalue weighted by Crippen LogP contribution is -2.43. The summed E-state index contributed by atoms with van der Waals surface area (Å²) in [6.45, 7) is 2.96. The summed E-state index contributed by atoms with van der Waals surface area (Å²) in [6.07, 6.45) is 1.42. The number of methoxy groups -OCH3 is 1. The van der Waals surface area contributed by atoms with Gasteiger partial charge >= 0.3 is 5.97 Å². The Hall–Kier alpha value is -3.03. The van der Waals surface area contributed by atoms with Crippen LogP contribution in [0.1, 0.15) is 30.3 Å². The zero-order valence-corrected chi connectivity index (χ0v) is 20.5. The van der Waals surface area contributed by atoms with Crippen LogP contribution >= 0.6 is 23.2 Å². The number of carbonyl (C=O) groups excluding carboxylic acids is 2. The third-order valence-corrected chi connectivity index (χ3v) is 6.53. The molecule has 0 aliphatic carbocycles. The fraction of sp³-hybridized carbons (Fsp3) is 0.320. The van der Waals surface area contributed by atoms with Crippen molar-refractivity contribution in [2.75, 3.05) is 26.8 Å². The van der Waals surface area contributed by atoms with E-state index >= 15 is 0 Å². The molecule has 1 fully saturated rings. The molecule has 1 aromatic heterocycles. The highest BCUT2D eigenvalue weighted by Gasteiger charge is 2.31. The van der Waals surface area contributed by atoms with Crippen molar-refractivity contribution in [3.05, 3.63) is 64.3 Å². The molecule has 0 radical (unpaired) electrons. The Morgan fingerprint density at radius 3 is 2.53 bits per heavy atom. The summed E-state index contributed by atoms with van der Waals surface area (Å²) in [7, 11) is 1.60. The molecule has 1 atom stereocenters. The van der Waals surface area contributed by atoms with Gasteiger partial charge in [0.1, 0.15) is 11.4 Å². The molecule has 1 aliphatic heterocycles. The zero-order valence-electron chi connectivity index (χ0n) is 19.0. The smallest absolute Gasteiger partial charge is 0.310 e. The summed E-state index contributed by atoms with van der Waals surface area (Å²) < 4.78 is 12.0. The maximum absolute atomic E-state index is 13.7. The number of likely N-dealkylation sites (tertiary alicyclic amines) is 1. The van der Waals surface area contributed by atoms with Crippen LogP contribution in [-0.2, 0) is 9.53 Å². The largest absolute Gasteiger partial charge is 0.497 e. The van der Waals surface area contributed by atoms with Gasteiger partial charge in [-0.05, 0) is 68.3 Å². The predicted octanol–water partition coefficient (Wildman–Crippen LogP) is 5.27. The van der Waals surface area contributed by atoms with E-state index in [-0.39, 0.29) is 17.8 Å². The van der Waals surface area contributed by atoms with Crippen molar-refractivity contribution in [3.8, 4) is 22.7 Å². The Morgan fingerprint density at radius 1 is 1.09 bits per heavy atom. The summed E-state index contributed by atoms with van der Waals surface area (Å²) in [5.74, 6) is -0.0911. The molecule has 9 heteroatoms. The molecule has 0 N–H and O–H groups in total. The van der Waals surface area contributed by atoms with Crippen molar-refractivity contribution in [3.63, 3.8) is 0 Å². The van der Waals surface area contributed by atoms with E-state index in [9.17, 15) is 9.59 Å². The average Bonchev–Trinajstić information content (AvgIpc) is 3.31. The third kappa shape index (κ3) is 5.05. The van der Waals surface area contributed by atoms with Crippen molar-refractivity contribution >= 4 is 35.1 Å². The molecule has 1 amide bonds. The lowest BCUT2D eigenvalue weighted by Gasteiger charge is -2.31. The molecule has 1 saturated heterocycles. The Labute approximate surface area is 208 Å². The molecule has 0 spiro atoms. The van der Waals surface area contributed by atoms with E-state index in [0.29, 0.717) is 53.2 Å². The number of nitrogens with zero attached hydrogens (tertiary/aromatic N) is 3. The fourth-order valence-corrected chi connectivity index (χ4v) is 4.32. The van der Waals surface area contributed by atoms with Gasteiger partial charge in [0.15, 0.2) is 0 Å². The minimum Gasteiger partial charge on any atom is -0.497 e. The summed E-state index contributed by atoms with van der Waals surface area (Å²) in [5.41, 5.74) is 2.43. The van der Waals surface area contributed by atoms with E-state index in [0.717, 1.165) is 17.7 Å². The average molecular weight is 502 g/mol. The number of aromatic nitrogens is 2. The van der Waals surface area contributed by atoms with Crippen molar-refractivity contribution in [1.82, 2.24) is 14.7 Å². The minimum atomic E-state index is -0.333. The number of hydrogen-bond donors (Lipinski definition) is 0. The standard InChI is InChI=1S/C25H25Cl2N3O4/c1-3-34-25(32)17-5-4-12-29(15-17)24(31)23-14-22(16-6-9-19(33-2)10-7-16)28-30(23)18-8-11-20(26)21(27)13-18/h6-11,13-14,17H,3-5,12,15H2,1-2H3. The van der Waals surface area contributed by atoms with E-state index in [2.05, 4.69) is 0 Å². The number of hydrogen-bond acceptors (Lipinski definition) is 5. The molecule has 1 unspecified atom stereocenters. The van der Waals surface area contributed by atoms with Gasteiger partial charge in [0, 0.05) is 18.7 Å². The van der Waals surface area contributed by atoms with Gasteiger partial charge in [0.05, 0.1) is 41.1 Å². The van der Waals surface area contributed by atoms with Gasteiger partial charge in [-0.3, -0.25) is 9.59 Å². The highest BCUT2D eigenvalue weighted by atomic mass is 35.5. The maximum Gasteiger partial charge on any atom is 0.310 e. The molecule has 0 bridgehead atoms. The molecule has 2 heterocycles. The molecular weight excluding hydrogens is 477 g/mol. The third-order valence-electron chi connectivity index (χ3n) is 5.79. The van der Waals surface area contributed by atoms with Gasteiger partial charge in [-0.2, -0.15) is 5.10 Å². The lowest BCUT2D eigenvalue weighted by atomic mass is 9.98. The van der Waals surface area contributed by atoms with Crippen LogP contribution in [0.4, 0.5) is 0 Å². The van der Waals surface area contributed by atoms with Crippen LogP contribution in [0, 0.1) is 5.92 Å². The SMILES string of the molecule is CCOC(=O)C1CCCN(C(=O)c2cc(-c3ccc(OC)cc3)nn2-c2ccc(Cl)c(Cl)c2)C1. The molecule has 7 nitrogen and oxygen atoms in total. The molecule has 4 rings (SSSR count). The zero-order chi connectivity index (χ0) is 24.2. The second-order valence-corrected chi connectivity index (χ2v) is 8.81. The Bertz CT molecular complexity index is 1190. The normalized spacial score (nSPS) is 15.8. The predicted molar refractivity (Wildman–Crippen MR) is 131 cm³/mol. The molecule has 2 aromatic carbocycles. The van der Waals surface area contributed by atoms with Crippen LogP contribution in [0.15, 0.2) is 48.5 Å². The number of esters is 1. The Morgan fingerprint density at radius 2 is 1.85 bits per heavy atom. The van der Waals surface area contributed by atoms with Gasteiger partial charge in [-0.15, -0.1) is 0 Å². The first-order valence-corrected chi connectivity index (χ1v) is 11.8. The van der Waals surface area contributed by atoms with E-state index < -0.39 is 0 Å². The fourth-order valence-electron chi connectivity index (χ4n) is 4.03. The van der Waals surface area contributed by atoms with Crippen LogP contribution in [0.25, 0.3) is 16.9 Å². The number of rotatable bonds is 6. The number of amides is 1. The number of halogens is 2. The number of benzene rings is 2. The summed E-state index contributed by atoms with van der Waals surface area (Å²) in [4.78, 5) is 27.6. The van der Waals surface area contributed by atoms with Crippen LogP contribution in [0.5, 0.6) is 5.75 Å². The van der Waals surface area contributed by atoms with Crippen molar-refractivity contribution in [2.24, 2.45) is 5.92 Å². The number of piperidine rings is 1. The summed E-state index contributed by atoms with van der Waals surface area (Å²) in [5, 5.41) is 5.48. The lowest BCUT2D eigenvalue weighted by molar-refractivity contribution is -0.149. The summed E-state index contributed by atoms with van der Waals surface area (Å²) >= 11 is 12.4. The topological polar surface area (TPSA) is 73.7 Å². The molecule has 3 aromatic rings. The number of carbonyl (C=O) groups is 2. The van der Waals surface area contributed by atoms with Gasteiger partial charge in [0.2, 0.25) is 0 Å². The molecule has 1 aliphatic rings. The maximum atomic E-state index is 13.7. The van der Waals surface area contributed by atoms with Gasteiger partial charge in [0.25, 0.3) is 5.91 Å². The van der Waals surface area contributed by atoms with Gasteiger partial charge < -0.3 is 14.4 Å². The van der Waals surface area contributed by atoms with E-state index in [1.54, 1.807) is 47.9 Å². The van der Waals surface area contributed by atoms with Crippen molar-refractivity contribution in [1.29, 1.82) is 0 Å². The van der Waals surface area contributed by atoms with Crippen LogP contribution in [0.2, 0.25) is 10.0 Å². The van der Waals surface area contributed by atoms with Crippen molar-refractivity contribution < 1.29 is 19.1 Å². The molecular formula is C25H25Cl2N3O4. The first-order valence-electron chi connectivity index (χ1n) is 11.1. The monoisotopic (exact) mass is 501 g/mol. The van der Waals surface area contributed by atoms with Crippen LogP contribution in [0.3, 0.4) is 0 Å². The Balaban J connectivity index is 1.72. The number of ether oxygens (including phenoxy) is 2. The highest BCUT2D eigenvalue weighted by Crippen LogP contribution is 2.29. The van der Waals surface area contributed by atoms with E-state index in [4.69, 9.17) is 37.8 Å². The quantitative estimate of drug-likeness (QED) is 0.430. The van der Waals surface area contributed by atoms with Crippen LogP contribution in [-0.4, -0.2) is 53.4 Å². The van der Waals surface area contributed by atoms with Gasteiger partial charge in [-0.1, -0.05) is 23.2 Å². The van der Waals surface area contributed by atoms with Gasteiger partial charge in [-0.25, -0.2) is 4.68 Å². The first kappa shape index (κ1) is 24.1. The Kier molecular flexibility index (Phi) is 7.44. The van der Waals surface area contributed by atoms with E-state index in [1.165, 1.54) is 0 Å². The second-order valence-electron chi connectivity index (χ2n) is 8.00. The molecule has 34 heavy (non-hydrogen) atoms. The second kappa shape index (κ2) is 10.5. The molecule has 0 saturated carbocycles. The molecule has 178 valence electrons. The highest BCUT2D eigenvalue weighted by molar-refractivity contribution is 6.42. The van der Waals surface area contributed by atoms with Crippen LogP contribution < -0.4 is 4.74 Å².